The molecule has 0 unspecified atom stereocenters. The average Bonchev–Trinajstić information content (AvgIpc) is 2.87. The van der Waals surface area contributed by atoms with Crippen LogP contribution in [0.1, 0.15) is 10.4 Å². The van der Waals surface area contributed by atoms with Gasteiger partial charge < -0.3 is 16.4 Å². The number of hydrogen-bond acceptors (Lipinski definition) is 7. The molecule has 0 atom stereocenters. The molecule has 0 aromatic heterocycles. The topological polar surface area (TPSA) is 101 Å². The van der Waals surface area contributed by atoms with Gasteiger partial charge in [0.25, 0.3) is 0 Å². The molecule has 4 aromatic carbocycles. The van der Waals surface area contributed by atoms with Crippen molar-refractivity contribution in [2.75, 3.05) is 16.4 Å². The molecule has 8 heteroatoms. The first-order valence-electron chi connectivity index (χ1n) is 10.8. The Balaban J connectivity index is 1.24. The Hall–Kier alpha value is -4.01. The third-order valence-electron chi connectivity index (χ3n) is 5.48. The molecule has 0 amide bonds. The van der Waals surface area contributed by atoms with Gasteiger partial charge in [-0.25, -0.2) is 8.42 Å². The molecule has 35 heavy (non-hydrogen) atoms. The lowest BCUT2D eigenvalue weighted by Crippen LogP contribution is -2.03. The van der Waals surface area contributed by atoms with E-state index in [2.05, 4.69) is 16.7 Å². The van der Waals surface area contributed by atoms with Gasteiger partial charge in [-0.1, -0.05) is 23.9 Å². The van der Waals surface area contributed by atoms with Gasteiger partial charge in [0, 0.05) is 39.0 Å². The zero-order valence-corrected chi connectivity index (χ0v) is 20.1. The first-order valence-corrected chi connectivity index (χ1v) is 13.1. The summed E-state index contributed by atoms with van der Waals surface area (Å²) in [6.07, 6.45) is 2.99. The number of ketones is 1. The maximum Gasteiger partial charge on any atom is 0.206 e. The number of anilines is 4. The van der Waals surface area contributed by atoms with Crippen molar-refractivity contribution in [2.24, 2.45) is 0 Å². The van der Waals surface area contributed by atoms with Crippen LogP contribution in [0.3, 0.4) is 0 Å². The Morgan fingerprint density at radius 1 is 0.829 bits per heavy atom. The number of carbonyl (C=O) groups excluding carboxylic acids is 1. The van der Waals surface area contributed by atoms with E-state index in [4.69, 9.17) is 5.73 Å². The number of rotatable bonds is 6. The molecule has 0 spiro atoms. The van der Waals surface area contributed by atoms with E-state index >= 15 is 0 Å². The number of nitrogens with one attached hydrogen (secondary N) is 2. The van der Waals surface area contributed by atoms with E-state index in [0.29, 0.717) is 16.9 Å². The van der Waals surface area contributed by atoms with Crippen LogP contribution in [-0.4, -0.2) is 14.2 Å². The highest BCUT2D eigenvalue weighted by atomic mass is 32.2. The molecule has 0 saturated carbocycles. The minimum absolute atomic E-state index is 0.145. The quantitative estimate of drug-likeness (QED) is 0.147. The molecular weight excluding hydrogens is 478 g/mol. The van der Waals surface area contributed by atoms with Crippen LogP contribution in [-0.2, 0) is 9.84 Å². The fourth-order valence-corrected chi connectivity index (χ4v) is 5.85. The number of benzene rings is 4. The lowest BCUT2D eigenvalue weighted by atomic mass is 10.1. The minimum Gasteiger partial charge on any atom is -0.399 e. The van der Waals surface area contributed by atoms with Crippen LogP contribution >= 0.6 is 11.8 Å². The molecule has 4 aromatic rings. The number of hydrogen-bond donors (Lipinski definition) is 3. The third-order valence-corrected chi connectivity index (χ3v) is 8.42. The summed E-state index contributed by atoms with van der Waals surface area (Å²) in [6.45, 7) is 0. The molecule has 0 aliphatic carbocycles. The van der Waals surface area contributed by atoms with E-state index < -0.39 is 9.84 Å². The smallest absolute Gasteiger partial charge is 0.206 e. The number of nitrogens with two attached hydrogens (primary N) is 1. The largest absolute Gasteiger partial charge is 0.399 e. The van der Waals surface area contributed by atoms with E-state index in [0.717, 1.165) is 21.2 Å². The Bertz CT molecular complexity index is 1550. The van der Waals surface area contributed by atoms with Crippen molar-refractivity contribution in [1.82, 2.24) is 0 Å². The number of para-hydroxylation sites is 1. The zero-order chi connectivity index (χ0) is 24.4. The van der Waals surface area contributed by atoms with Gasteiger partial charge in [-0.15, -0.1) is 0 Å². The number of allylic oxidation sites excluding steroid dienone is 1. The van der Waals surface area contributed by atoms with Gasteiger partial charge in [-0.3, -0.25) is 4.79 Å². The summed E-state index contributed by atoms with van der Waals surface area (Å²) in [4.78, 5) is 15.3. The molecule has 5 rings (SSSR count). The normalized spacial score (nSPS) is 12.5. The molecule has 6 nitrogen and oxygen atoms in total. The second-order valence-electron chi connectivity index (χ2n) is 7.87. The summed E-state index contributed by atoms with van der Waals surface area (Å²) < 4.78 is 25.5. The minimum atomic E-state index is -3.63. The Labute approximate surface area is 207 Å². The van der Waals surface area contributed by atoms with Crippen LogP contribution in [0, 0.1) is 0 Å². The first-order chi connectivity index (χ1) is 16.9. The second kappa shape index (κ2) is 9.32. The van der Waals surface area contributed by atoms with Gasteiger partial charge in [-0.05, 0) is 78.9 Å². The summed E-state index contributed by atoms with van der Waals surface area (Å²) in [5.41, 5.74) is 9.29. The molecule has 0 fully saturated rings. The lowest BCUT2D eigenvalue weighted by Gasteiger charge is -2.20. The standard InChI is InChI=1S/C27H21N3O3S2/c28-19-6-10-21(11-7-19)35(32,33)22-12-8-20(9-13-22)29-16-15-25(31)18-5-14-27-24(17-18)30-23-3-1-2-4-26(23)34-27/h1-17,29-30H,28H2/b16-15-. The second-order valence-corrected chi connectivity index (χ2v) is 10.9. The Morgan fingerprint density at radius 3 is 2.23 bits per heavy atom. The predicted molar refractivity (Wildman–Crippen MR) is 140 cm³/mol. The third kappa shape index (κ3) is 4.80. The van der Waals surface area contributed by atoms with Crippen molar-refractivity contribution in [3.05, 3.63) is 109 Å². The fraction of sp³-hybridized carbons (Fsp3) is 0. The summed E-state index contributed by atoms with van der Waals surface area (Å²) >= 11 is 1.67. The highest BCUT2D eigenvalue weighted by Gasteiger charge is 2.18. The van der Waals surface area contributed by atoms with Crippen LogP contribution in [0.15, 0.2) is 123 Å². The van der Waals surface area contributed by atoms with Crippen molar-refractivity contribution in [3.8, 4) is 0 Å². The van der Waals surface area contributed by atoms with Gasteiger partial charge in [0.05, 0.1) is 21.2 Å². The molecule has 0 bridgehead atoms. The molecule has 0 radical (unpaired) electrons. The number of carbonyl (C=O) groups is 1. The van der Waals surface area contributed by atoms with Crippen molar-refractivity contribution >= 4 is 50.1 Å². The molecule has 1 aliphatic rings. The average molecular weight is 500 g/mol. The molecule has 1 aliphatic heterocycles. The molecule has 0 saturated heterocycles. The van der Waals surface area contributed by atoms with Crippen molar-refractivity contribution in [3.63, 3.8) is 0 Å². The number of sulfone groups is 1. The Morgan fingerprint density at radius 2 is 1.49 bits per heavy atom. The fourth-order valence-electron chi connectivity index (χ4n) is 3.62. The lowest BCUT2D eigenvalue weighted by molar-refractivity contribution is 0.104. The van der Waals surface area contributed by atoms with Gasteiger partial charge >= 0.3 is 0 Å². The monoisotopic (exact) mass is 499 g/mol. The van der Waals surface area contributed by atoms with Crippen LogP contribution in [0.2, 0.25) is 0 Å². The van der Waals surface area contributed by atoms with E-state index in [1.165, 1.54) is 30.3 Å². The summed E-state index contributed by atoms with van der Waals surface area (Å²) in [6, 6.07) is 26.1. The zero-order valence-electron chi connectivity index (χ0n) is 18.4. The maximum atomic E-state index is 12.8. The van der Waals surface area contributed by atoms with Gasteiger partial charge in [0.2, 0.25) is 9.84 Å². The summed E-state index contributed by atoms with van der Waals surface area (Å²) in [5.74, 6) is -0.145. The number of fused-ring (bicyclic) bond motifs is 2. The highest BCUT2D eigenvalue weighted by molar-refractivity contribution is 7.99. The van der Waals surface area contributed by atoms with E-state index in [9.17, 15) is 13.2 Å². The van der Waals surface area contributed by atoms with Crippen LogP contribution in [0.5, 0.6) is 0 Å². The highest BCUT2D eigenvalue weighted by Crippen LogP contribution is 2.44. The molecular formula is C27H21N3O3S2. The predicted octanol–water partition coefficient (Wildman–Crippen LogP) is 6.12. The maximum absolute atomic E-state index is 12.8. The Kier molecular flexibility index (Phi) is 6.07. The van der Waals surface area contributed by atoms with E-state index in [1.54, 1.807) is 42.2 Å². The summed E-state index contributed by atoms with van der Waals surface area (Å²) in [7, 11) is -3.63. The molecule has 1 heterocycles. The first kappa shape index (κ1) is 22.8. The van der Waals surface area contributed by atoms with Crippen LogP contribution in [0.4, 0.5) is 22.7 Å². The molecule has 174 valence electrons. The van der Waals surface area contributed by atoms with E-state index in [1.807, 2.05) is 36.4 Å². The van der Waals surface area contributed by atoms with E-state index in [-0.39, 0.29) is 15.6 Å². The van der Waals surface area contributed by atoms with Gasteiger partial charge in [0.15, 0.2) is 5.78 Å². The molecule has 4 N–H and O–H groups in total. The van der Waals surface area contributed by atoms with Crippen molar-refractivity contribution < 1.29 is 13.2 Å². The number of nitrogen functional groups attached to an aromatic ring is 1. The SMILES string of the molecule is Nc1ccc(S(=O)(=O)c2ccc(N/C=C\C(=O)c3ccc4c(c3)Nc3ccccc3S4)cc2)cc1. The van der Waals surface area contributed by atoms with Crippen LogP contribution in [0.25, 0.3) is 0 Å². The van der Waals surface area contributed by atoms with Crippen molar-refractivity contribution in [2.45, 2.75) is 19.6 Å². The van der Waals surface area contributed by atoms with Gasteiger partial charge in [-0.2, -0.15) is 0 Å². The van der Waals surface area contributed by atoms with Gasteiger partial charge in [0.1, 0.15) is 0 Å². The summed E-state index contributed by atoms with van der Waals surface area (Å²) in [5, 5.41) is 6.40. The van der Waals surface area contributed by atoms with Crippen molar-refractivity contribution in [1.29, 1.82) is 0 Å². The van der Waals surface area contributed by atoms with Crippen LogP contribution < -0.4 is 16.4 Å².